The van der Waals surface area contributed by atoms with Crippen LogP contribution in [0.15, 0.2) is 16.7 Å². The first-order valence-corrected chi connectivity index (χ1v) is 9.63. The van der Waals surface area contributed by atoms with Crippen molar-refractivity contribution in [1.82, 2.24) is 15.5 Å². The highest BCUT2D eigenvalue weighted by Crippen LogP contribution is 2.49. The topological polar surface area (TPSA) is 68.0 Å². The largest absolute Gasteiger partial charge is 0.344 e. The van der Waals surface area contributed by atoms with Gasteiger partial charge in [0.05, 0.1) is 0 Å². The molecule has 2 aromatic rings. The molecule has 2 aromatic heterocycles. The molecule has 0 radical (unpaired) electrons. The standard InChI is InChI=1S/C18H23N3O2S/c1-10-7-8-15(24-10)13-9-14(13)17(22)19-11(2)18-20-16(21-23-18)12-5-3-4-6-12/h7-8,11-14H,3-6,9H2,1-2H3,(H,19,22)/t11-,13-,14+/m1/s1. The molecule has 128 valence electrons. The van der Waals surface area contributed by atoms with Gasteiger partial charge in [-0.3, -0.25) is 4.79 Å². The minimum absolute atomic E-state index is 0.0859. The SMILES string of the molecule is Cc1ccc([C@@H]2C[C@@H]2C(=O)N[C@H](C)c2nc(C3CCCC3)no2)s1. The molecule has 24 heavy (non-hydrogen) atoms. The van der Waals surface area contributed by atoms with Gasteiger partial charge in [-0.15, -0.1) is 11.3 Å². The molecule has 1 amide bonds. The van der Waals surface area contributed by atoms with E-state index < -0.39 is 0 Å². The summed E-state index contributed by atoms with van der Waals surface area (Å²) in [5.74, 6) is 2.33. The fourth-order valence-electron chi connectivity index (χ4n) is 3.61. The molecule has 2 heterocycles. The van der Waals surface area contributed by atoms with Crippen LogP contribution in [-0.2, 0) is 4.79 Å². The van der Waals surface area contributed by atoms with Gasteiger partial charge in [0.2, 0.25) is 11.8 Å². The van der Waals surface area contributed by atoms with Crippen LogP contribution in [0.25, 0.3) is 0 Å². The average molecular weight is 345 g/mol. The van der Waals surface area contributed by atoms with E-state index in [0.29, 0.717) is 17.7 Å². The van der Waals surface area contributed by atoms with Crippen LogP contribution >= 0.6 is 11.3 Å². The molecule has 0 saturated heterocycles. The molecule has 0 bridgehead atoms. The van der Waals surface area contributed by atoms with Gasteiger partial charge in [-0.05, 0) is 45.2 Å². The van der Waals surface area contributed by atoms with Crippen LogP contribution in [0.5, 0.6) is 0 Å². The number of carbonyl (C=O) groups is 1. The van der Waals surface area contributed by atoms with Gasteiger partial charge < -0.3 is 9.84 Å². The number of nitrogens with zero attached hydrogens (tertiary/aromatic N) is 2. The van der Waals surface area contributed by atoms with Gasteiger partial charge in [0.25, 0.3) is 0 Å². The molecule has 1 N–H and O–H groups in total. The van der Waals surface area contributed by atoms with Crippen molar-refractivity contribution in [2.24, 2.45) is 5.92 Å². The Morgan fingerprint density at radius 2 is 2.17 bits per heavy atom. The lowest BCUT2D eigenvalue weighted by atomic mass is 10.1. The van der Waals surface area contributed by atoms with Crippen molar-refractivity contribution in [2.45, 2.75) is 63.8 Å². The molecular weight excluding hydrogens is 322 g/mol. The van der Waals surface area contributed by atoms with Gasteiger partial charge in [-0.25, -0.2) is 0 Å². The molecule has 0 unspecified atom stereocenters. The van der Waals surface area contributed by atoms with E-state index in [-0.39, 0.29) is 17.9 Å². The first-order chi connectivity index (χ1) is 11.6. The molecular formula is C18H23N3O2S. The molecule has 0 aromatic carbocycles. The maximum Gasteiger partial charge on any atom is 0.248 e. The van der Waals surface area contributed by atoms with Gasteiger partial charge >= 0.3 is 0 Å². The summed E-state index contributed by atoms with van der Waals surface area (Å²) in [6, 6.07) is 4.04. The Morgan fingerprint density at radius 3 is 2.88 bits per heavy atom. The second-order valence-electron chi connectivity index (χ2n) is 7.10. The number of hydrogen-bond acceptors (Lipinski definition) is 5. The maximum atomic E-state index is 12.4. The van der Waals surface area contributed by atoms with Gasteiger partial charge in [-0.2, -0.15) is 4.98 Å². The van der Waals surface area contributed by atoms with Crippen LogP contribution in [0.3, 0.4) is 0 Å². The van der Waals surface area contributed by atoms with E-state index in [2.05, 4.69) is 34.5 Å². The lowest BCUT2D eigenvalue weighted by Crippen LogP contribution is -2.28. The minimum Gasteiger partial charge on any atom is -0.344 e. The summed E-state index contributed by atoms with van der Waals surface area (Å²) >= 11 is 1.79. The van der Waals surface area contributed by atoms with Gasteiger partial charge in [-0.1, -0.05) is 18.0 Å². The number of thiophene rings is 1. The molecule has 2 aliphatic rings. The summed E-state index contributed by atoms with van der Waals surface area (Å²) < 4.78 is 5.38. The highest BCUT2D eigenvalue weighted by Gasteiger charge is 2.45. The highest BCUT2D eigenvalue weighted by atomic mass is 32.1. The molecule has 4 rings (SSSR count). The third kappa shape index (κ3) is 3.11. The van der Waals surface area contributed by atoms with Crippen molar-refractivity contribution in [3.63, 3.8) is 0 Å². The van der Waals surface area contributed by atoms with E-state index in [1.165, 1.54) is 22.6 Å². The van der Waals surface area contributed by atoms with Crippen LogP contribution < -0.4 is 5.32 Å². The summed E-state index contributed by atoms with van der Waals surface area (Å²) in [6.45, 7) is 4.02. The summed E-state index contributed by atoms with van der Waals surface area (Å²) in [7, 11) is 0. The molecule has 3 atom stereocenters. The van der Waals surface area contributed by atoms with E-state index in [1.807, 2.05) is 6.92 Å². The number of carbonyl (C=O) groups excluding carboxylic acids is 1. The van der Waals surface area contributed by atoms with Crippen molar-refractivity contribution in [3.05, 3.63) is 33.6 Å². The van der Waals surface area contributed by atoms with Crippen LogP contribution in [0, 0.1) is 12.8 Å². The maximum absolute atomic E-state index is 12.4. The predicted octanol–water partition coefficient (Wildman–Crippen LogP) is 4.08. The Kier molecular flexibility index (Phi) is 4.16. The summed E-state index contributed by atoms with van der Waals surface area (Å²) in [6.07, 6.45) is 5.71. The summed E-state index contributed by atoms with van der Waals surface area (Å²) in [5.41, 5.74) is 0. The Balaban J connectivity index is 1.34. The smallest absolute Gasteiger partial charge is 0.248 e. The molecule has 2 aliphatic carbocycles. The van der Waals surface area contributed by atoms with Gasteiger partial charge in [0.15, 0.2) is 5.82 Å². The van der Waals surface area contributed by atoms with Crippen LogP contribution in [0.1, 0.15) is 78.4 Å². The van der Waals surface area contributed by atoms with E-state index in [4.69, 9.17) is 4.52 Å². The van der Waals surface area contributed by atoms with E-state index in [1.54, 1.807) is 11.3 Å². The predicted molar refractivity (Wildman–Crippen MR) is 92.0 cm³/mol. The number of nitrogens with one attached hydrogen (secondary N) is 1. The normalized spacial score (nSPS) is 24.9. The second kappa shape index (κ2) is 6.31. The Bertz CT molecular complexity index is 732. The third-order valence-corrected chi connectivity index (χ3v) is 6.29. The van der Waals surface area contributed by atoms with E-state index in [9.17, 15) is 4.79 Å². The molecule has 0 spiro atoms. The van der Waals surface area contributed by atoms with E-state index in [0.717, 1.165) is 25.1 Å². The first kappa shape index (κ1) is 15.8. The highest BCUT2D eigenvalue weighted by molar-refractivity contribution is 7.12. The number of aryl methyl sites for hydroxylation is 1. The first-order valence-electron chi connectivity index (χ1n) is 8.82. The van der Waals surface area contributed by atoms with Crippen LogP contribution in [0.4, 0.5) is 0 Å². The number of amides is 1. The summed E-state index contributed by atoms with van der Waals surface area (Å²) in [4.78, 5) is 19.6. The fourth-order valence-corrected chi connectivity index (χ4v) is 4.66. The molecule has 2 saturated carbocycles. The van der Waals surface area contributed by atoms with Crippen molar-refractivity contribution in [1.29, 1.82) is 0 Å². The molecule has 6 heteroatoms. The number of aromatic nitrogens is 2. The summed E-state index contributed by atoms with van der Waals surface area (Å²) in [5, 5.41) is 7.15. The molecule has 2 fully saturated rings. The fraction of sp³-hybridized carbons (Fsp3) is 0.611. The van der Waals surface area contributed by atoms with Crippen LogP contribution in [-0.4, -0.2) is 16.0 Å². The molecule has 5 nitrogen and oxygen atoms in total. The van der Waals surface area contributed by atoms with Crippen molar-refractivity contribution in [3.8, 4) is 0 Å². The quantitative estimate of drug-likeness (QED) is 0.886. The zero-order chi connectivity index (χ0) is 16.7. The second-order valence-corrected chi connectivity index (χ2v) is 8.42. The lowest BCUT2D eigenvalue weighted by Gasteiger charge is -2.09. The van der Waals surface area contributed by atoms with Gasteiger partial charge in [0.1, 0.15) is 6.04 Å². The Labute approximate surface area is 145 Å². The Morgan fingerprint density at radius 1 is 1.38 bits per heavy atom. The van der Waals surface area contributed by atoms with Gasteiger partial charge in [0, 0.05) is 27.5 Å². The molecule has 0 aliphatic heterocycles. The minimum atomic E-state index is -0.230. The average Bonchev–Trinajstić information content (AvgIpc) is 2.99. The van der Waals surface area contributed by atoms with Crippen molar-refractivity contribution < 1.29 is 9.32 Å². The van der Waals surface area contributed by atoms with E-state index >= 15 is 0 Å². The number of rotatable bonds is 5. The number of hydrogen-bond donors (Lipinski definition) is 1. The lowest BCUT2D eigenvalue weighted by molar-refractivity contribution is -0.123. The zero-order valence-corrected chi connectivity index (χ0v) is 14.9. The zero-order valence-electron chi connectivity index (χ0n) is 14.1. The van der Waals surface area contributed by atoms with Crippen molar-refractivity contribution >= 4 is 17.2 Å². The Hall–Kier alpha value is -1.69. The van der Waals surface area contributed by atoms with Crippen molar-refractivity contribution in [2.75, 3.05) is 0 Å². The monoisotopic (exact) mass is 345 g/mol. The third-order valence-electron chi connectivity index (χ3n) is 5.16. The van der Waals surface area contributed by atoms with Crippen LogP contribution in [0.2, 0.25) is 0 Å².